The lowest BCUT2D eigenvalue weighted by atomic mass is 10.0. The van der Waals surface area contributed by atoms with E-state index in [1.807, 2.05) is 13.0 Å². The van der Waals surface area contributed by atoms with Crippen molar-refractivity contribution in [2.75, 3.05) is 26.3 Å². The fourth-order valence-corrected chi connectivity index (χ4v) is 4.23. The zero-order valence-corrected chi connectivity index (χ0v) is 14.6. The largest absolute Gasteiger partial charge is 0.380 e. The molecule has 1 saturated heterocycles. The maximum Gasteiger partial charge on any atom is 0.262 e. The molecule has 8 nitrogen and oxygen atoms in total. The molecule has 9 heteroatoms. The van der Waals surface area contributed by atoms with E-state index in [1.165, 1.54) is 23.2 Å². The van der Waals surface area contributed by atoms with Crippen molar-refractivity contribution in [1.29, 1.82) is 0 Å². The van der Waals surface area contributed by atoms with E-state index < -0.39 is 10.0 Å². The van der Waals surface area contributed by atoms with Gasteiger partial charge in [0.25, 0.3) is 10.0 Å². The second-order valence-corrected chi connectivity index (χ2v) is 7.92. The van der Waals surface area contributed by atoms with Crippen molar-refractivity contribution in [3.8, 4) is 0 Å². The summed E-state index contributed by atoms with van der Waals surface area (Å²) in [6.07, 6.45) is 5.19. The number of hydrogen-bond acceptors (Lipinski definition) is 6. The standard InChI is InChI=1S/C15H21N5O3S/c1-12-5-14(17-10-16-12)6-13-7-20(3-4-23-9-13)24(21,22)15-8-19(2)11-18-15/h5,8,10-11,13H,3-4,6-7,9H2,1-2H3/t13-/m1/s1. The molecule has 2 aromatic heterocycles. The highest BCUT2D eigenvalue weighted by Crippen LogP contribution is 2.19. The Labute approximate surface area is 141 Å². The average molecular weight is 351 g/mol. The molecule has 3 heterocycles. The van der Waals surface area contributed by atoms with Crippen LogP contribution in [0.5, 0.6) is 0 Å². The zero-order valence-electron chi connectivity index (χ0n) is 13.8. The molecule has 1 aliphatic heterocycles. The van der Waals surface area contributed by atoms with Crippen LogP contribution in [0.4, 0.5) is 0 Å². The third-order valence-corrected chi connectivity index (χ3v) is 5.69. The molecule has 1 fully saturated rings. The van der Waals surface area contributed by atoms with E-state index in [4.69, 9.17) is 4.74 Å². The Hall–Kier alpha value is -1.84. The van der Waals surface area contributed by atoms with Crippen LogP contribution in [0, 0.1) is 12.8 Å². The summed E-state index contributed by atoms with van der Waals surface area (Å²) in [6, 6.07) is 1.92. The van der Waals surface area contributed by atoms with Gasteiger partial charge in [-0.05, 0) is 19.4 Å². The highest BCUT2D eigenvalue weighted by Gasteiger charge is 2.31. The van der Waals surface area contributed by atoms with Crippen molar-refractivity contribution in [3.05, 3.63) is 36.3 Å². The molecule has 0 unspecified atom stereocenters. The van der Waals surface area contributed by atoms with E-state index in [1.54, 1.807) is 11.6 Å². The number of aromatic nitrogens is 4. The first kappa shape index (κ1) is 17.0. The molecule has 0 saturated carbocycles. The minimum Gasteiger partial charge on any atom is -0.380 e. The van der Waals surface area contributed by atoms with Gasteiger partial charge in [0, 0.05) is 43.6 Å². The molecular weight excluding hydrogens is 330 g/mol. The van der Waals surface area contributed by atoms with E-state index in [9.17, 15) is 8.42 Å². The third kappa shape index (κ3) is 3.80. The van der Waals surface area contributed by atoms with Crippen molar-refractivity contribution in [3.63, 3.8) is 0 Å². The first-order valence-electron chi connectivity index (χ1n) is 7.78. The Kier molecular flexibility index (Phi) is 4.93. The molecule has 3 rings (SSSR count). The molecule has 130 valence electrons. The average Bonchev–Trinajstić information content (AvgIpc) is 2.83. The maximum atomic E-state index is 12.8. The summed E-state index contributed by atoms with van der Waals surface area (Å²) in [6.45, 7) is 3.52. The van der Waals surface area contributed by atoms with Crippen LogP contribution in [-0.4, -0.2) is 58.5 Å². The Balaban J connectivity index is 1.77. The van der Waals surface area contributed by atoms with Crippen LogP contribution in [0.2, 0.25) is 0 Å². The lowest BCUT2D eigenvalue weighted by Gasteiger charge is -2.22. The molecule has 0 spiro atoms. The van der Waals surface area contributed by atoms with Crippen molar-refractivity contribution in [1.82, 2.24) is 23.8 Å². The zero-order chi connectivity index (χ0) is 17.2. The summed E-state index contributed by atoms with van der Waals surface area (Å²) in [5.41, 5.74) is 1.79. The monoisotopic (exact) mass is 351 g/mol. The van der Waals surface area contributed by atoms with Gasteiger partial charge in [0.05, 0.1) is 19.5 Å². The van der Waals surface area contributed by atoms with Crippen molar-refractivity contribution < 1.29 is 13.2 Å². The van der Waals surface area contributed by atoms with Gasteiger partial charge in [0.1, 0.15) is 6.33 Å². The van der Waals surface area contributed by atoms with Gasteiger partial charge in [-0.1, -0.05) is 0 Å². The smallest absolute Gasteiger partial charge is 0.262 e. The Morgan fingerprint density at radius 3 is 2.88 bits per heavy atom. The van der Waals surface area contributed by atoms with Crippen LogP contribution >= 0.6 is 0 Å². The number of aryl methyl sites for hydroxylation is 2. The predicted molar refractivity (Wildman–Crippen MR) is 86.7 cm³/mol. The van der Waals surface area contributed by atoms with E-state index in [-0.39, 0.29) is 10.9 Å². The van der Waals surface area contributed by atoms with Crippen LogP contribution in [0.15, 0.2) is 29.9 Å². The summed E-state index contributed by atoms with van der Waals surface area (Å²) in [5, 5.41) is 0.0727. The fourth-order valence-electron chi connectivity index (χ4n) is 2.76. The SMILES string of the molecule is Cc1cc(C[C@H]2COCCN(S(=O)(=O)c3cn(C)cn3)C2)ncn1. The van der Waals surface area contributed by atoms with E-state index in [0.29, 0.717) is 32.7 Å². The van der Waals surface area contributed by atoms with Gasteiger partial charge in [-0.3, -0.25) is 0 Å². The Morgan fingerprint density at radius 1 is 1.33 bits per heavy atom. The lowest BCUT2D eigenvalue weighted by Crippen LogP contribution is -2.36. The Morgan fingerprint density at radius 2 is 2.17 bits per heavy atom. The van der Waals surface area contributed by atoms with Gasteiger partial charge < -0.3 is 9.30 Å². The minimum atomic E-state index is -3.61. The van der Waals surface area contributed by atoms with Gasteiger partial charge in [-0.2, -0.15) is 4.31 Å². The van der Waals surface area contributed by atoms with Gasteiger partial charge >= 0.3 is 0 Å². The maximum absolute atomic E-state index is 12.8. The summed E-state index contributed by atoms with van der Waals surface area (Å²) in [7, 11) is -1.86. The number of sulfonamides is 1. The Bertz CT molecular complexity index is 805. The number of ether oxygens (including phenoxy) is 1. The predicted octanol–water partition coefficient (Wildman–Crippen LogP) is 0.398. The summed E-state index contributed by atoms with van der Waals surface area (Å²) >= 11 is 0. The quantitative estimate of drug-likeness (QED) is 0.792. The first-order valence-corrected chi connectivity index (χ1v) is 9.22. The fraction of sp³-hybridized carbons (Fsp3) is 0.533. The normalized spacial score (nSPS) is 20.0. The first-order chi connectivity index (χ1) is 11.4. The molecule has 24 heavy (non-hydrogen) atoms. The van der Waals surface area contributed by atoms with E-state index >= 15 is 0 Å². The number of rotatable bonds is 4. The summed E-state index contributed by atoms with van der Waals surface area (Å²) in [4.78, 5) is 12.3. The molecule has 0 aromatic carbocycles. The topological polar surface area (TPSA) is 90.2 Å². The second-order valence-electron chi connectivity index (χ2n) is 6.04. The van der Waals surface area contributed by atoms with E-state index in [0.717, 1.165) is 11.4 Å². The van der Waals surface area contributed by atoms with Crippen molar-refractivity contribution in [2.45, 2.75) is 18.4 Å². The van der Waals surface area contributed by atoms with Gasteiger partial charge in [-0.25, -0.2) is 23.4 Å². The molecule has 0 aliphatic carbocycles. The van der Waals surface area contributed by atoms with Crippen LogP contribution in [0.1, 0.15) is 11.4 Å². The molecule has 0 bridgehead atoms. The number of imidazole rings is 1. The molecule has 0 radical (unpaired) electrons. The number of nitrogens with zero attached hydrogens (tertiary/aromatic N) is 5. The van der Waals surface area contributed by atoms with Crippen LogP contribution in [0.25, 0.3) is 0 Å². The second kappa shape index (κ2) is 6.96. The molecule has 1 aliphatic rings. The van der Waals surface area contributed by atoms with E-state index in [2.05, 4.69) is 15.0 Å². The molecule has 0 amide bonds. The molecule has 0 N–H and O–H groups in total. The molecule has 1 atom stereocenters. The van der Waals surface area contributed by atoms with Crippen molar-refractivity contribution >= 4 is 10.0 Å². The highest BCUT2D eigenvalue weighted by molar-refractivity contribution is 7.89. The number of hydrogen-bond donors (Lipinski definition) is 0. The highest BCUT2D eigenvalue weighted by atomic mass is 32.2. The van der Waals surface area contributed by atoms with Crippen molar-refractivity contribution in [2.24, 2.45) is 13.0 Å². The minimum absolute atomic E-state index is 0.0419. The molecule has 2 aromatic rings. The van der Waals surface area contributed by atoms with Crippen LogP contribution < -0.4 is 0 Å². The van der Waals surface area contributed by atoms with Crippen LogP contribution in [0.3, 0.4) is 0 Å². The molecular formula is C15H21N5O3S. The third-order valence-electron chi connectivity index (χ3n) is 3.94. The lowest BCUT2D eigenvalue weighted by molar-refractivity contribution is 0.122. The summed E-state index contributed by atoms with van der Waals surface area (Å²) < 4.78 is 34.2. The van der Waals surface area contributed by atoms with Gasteiger partial charge in [0.15, 0.2) is 5.03 Å². The van der Waals surface area contributed by atoms with Crippen LogP contribution in [-0.2, 0) is 28.2 Å². The summed E-state index contributed by atoms with van der Waals surface area (Å²) in [5.74, 6) is 0.0419. The van der Waals surface area contributed by atoms with Gasteiger partial charge in [0.2, 0.25) is 0 Å². The van der Waals surface area contributed by atoms with Gasteiger partial charge in [-0.15, -0.1) is 0 Å².